The molecule has 2 unspecified atom stereocenters. The van der Waals surface area contributed by atoms with Crippen molar-refractivity contribution in [2.45, 2.75) is 12.5 Å². The molecule has 3 rings (SSSR count). The highest BCUT2D eigenvalue weighted by Crippen LogP contribution is 2.34. The fourth-order valence-corrected chi connectivity index (χ4v) is 2.75. The van der Waals surface area contributed by atoms with Gasteiger partial charge in [0.2, 0.25) is 0 Å². The second-order valence-electron chi connectivity index (χ2n) is 4.87. The minimum absolute atomic E-state index is 0.463. The summed E-state index contributed by atoms with van der Waals surface area (Å²) in [6.07, 6.45) is 2.63. The SMILES string of the molecule is CN1CC(CN)CC1c1ccc2ocnc2c1. The number of nitrogens with zero attached hydrogens (tertiary/aromatic N) is 2. The summed E-state index contributed by atoms with van der Waals surface area (Å²) >= 11 is 0. The lowest BCUT2D eigenvalue weighted by molar-refractivity contribution is 0.314. The van der Waals surface area contributed by atoms with Crippen molar-refractivity contribution < 1.29 is 4.42 Å². The minimum atomic E-state index is 0.463. The van der Waals surface area contributed by atoms with E-state index in [2.05, 4.69) is 29.1 Å². The standard InChI is InChI=1S/C13H17N3O/c1-16-7-9(6-14)4-12(16)10-2-3-13-11(5-10)15-8-17-13/h2-3,5,8-9,12H,4,6-7,14H2,1H3. The Morgan fingerprint density at radius 3 is 3.18 bits per heavy atom. The number of hydrogen-bond donors (Lipinski definition) is 1. The lowest BCUT2D eigenvalue weighted by Gasteiger charge is -2.19. The highest BCUT2D eigenvalue weighted by molar-refractivity contribution is 5.72. The first-order valence-corrected chi connectivity index (χ1v) is 6.01. The molecule has 1 aromatic carbocycles. The molecular formula is C13H17N3O. The summed E-state index contributed by atoms with van der Waals surface area (Å²) in [7, 11) is 2.16. The van der Waals surface area contributed by atoms with Crippen LogP contribution in [0, 0.1) is 5.92 Å². The van der Waals surface area contributed by atoms with Crippen LogP contribution in [0.2, 0.25) is 0 Å². The Hall–Kier alpha value is -1.39. The molecule has 2 atom stereocenters. The van der Waals surface area contributed by atoms with Gasteiger partial charge in [0.1, 0.15) is 5.52 Å². The molecule has 0 saturated carbocycles. The molecule has 4 nitrogen and oxygen atoms in total. The average molecular weight is 231 g/mol. The largest absolute Gasteiger partial charge is 0.443 e. The van der Waals surface area contributed by atoms with Crippen LogP contribution in [0.4, 0.5) is 0 Å². The molecule has 1 aliphatic heterocycles. The molecule has 1 fully saturated rings. The van der Waals surface area contributed by atoms with Gasteiger partial charge in [0.15, 0.2) is 12.0 Å². The van der Waals surface area contributed by atoms with Crippen molar-refractivity contribution in [1.82, 2.24) is 9.88 Å². The Balaban J connectivity index is 1.92. The first kappa shape index (κ1) is 10.7. The molecule has 0 spiro atoms. The summed E-state index contributed by atoms with van der Waals surface area (Å²) in [4.78, 5) is 6.58. The van der Waals surface area contributed by atoms with E-state index in [1.54, 1.807) is 0 Å². The first-order valence-electron chi connectivity index (χ1n) is 6.01. The summed E-state index contributed by atoms with van der Waals surface area (Å²) in [5, 5.41) is 0. The second-order valence-corrected chi connectivity index (χ2v) is 4.87. The van der Waals surface area contributed by atoms with Gasteiger partial charge < -0.3 is 10.2 Å². The second kappa shape index (κ2) is 4.13. The van der Waals surface area contributed by atoms with Crippen LogP contribution >= 0.6 is 0 Å². The molecule has 1 aromatic heterocycles. The normalized spacial score (nSPS) is 25.8. The molecule has 2 N–H and O–H groups in total. The van der Waals surface area contributed by atoms with Crippen LogP contribution in [-0.2, 0) is 0 Å². The van der Waals surface area contributed by atoms with Gasteiger partial charge in [-0.05, 0) is 43.6 Å². The molecule has 1 aliphatic rings. The van der Waals surface area contributed by atoms with Crippen molar-refractivity contribution in [2.24, 2.45) is 11.7 Å². The Kier molecular flexibility index (Phi) is 2.61. The van der Waals surface area contributed by atoms with Crippen LogP contribution in [-0.4, -0.2) is 30.0 Å². The maximum Gasteiger partial charge on any atom is 0.181 e. The summed E-state index contributed by atoms with van der Waals surface area (Å²) in [5.41, 5.74) is 8.86. The molecule has 0 amide bonds. The zero-order valence-electron chi connectivity index (χ0n) is 9.97. The van der Waals surface area contributed by atoms with Gasteiger partial charge in [-0.1, -0.05) is 6.07 Å². The predicted octanol–water partition coefficient (Wildman–Crippen LogP) is 1.78. The summed E-state index contributed by atoms with van der Waals surface area (Å²) < 4.78 is 5.26. The molecule has 17 heavy (non-hydrogen) atoms. The number of aromatic nitrogens is 1. The summed E-state index contributed by atoms with van der Waals surface area (Å²) in [5.74, 6) is 0.609. The fourth-order valence-electron chi connectivity index (χ4n) is 2.75. The molecule has 1 saturated heterocycles. The van der Waals surface area contributed by atoms with Gasteiger partial charge in [-0.15, -0.1) is 0 Å². The molecule has 0 bridgehead atoms. The molecule has 0 radical (unpaired) electrons. The lowest BCUT2D eigenvalue weighted by atomic mass is 10.00. The molecule has 4 heteroatoms. The van der Waals surface area contributed by atoms with E-state index in [9.17, 15) is 0 Å². The third-order valence-corrected chi connectivity index (χ3v) is 3.71. The molecular weight excluding hydrogens is 214 g/mol. The highest BCUT2D eigenvalue weighted by Gasteiger charge is 2.29. The zero-order valence-corrected chi connectivity index (χ0v) is 9.97. The van der Waals surface area contributed by atoms with E-state index in [0.717, 1.165) is 30.6 Å². The number of oxazole rings is 1. The van der Waals surface area contributed by atoms with E-state index in [4.69, 9.17) is 10.2 Å². The zero-order chi connectivity index (χ0) is 11.8. The van der Waals surface area contributed by atoms with Gasteiger partial charge in [-0.25, -0.2) is 4.98 Å². The summed E-state index contributed by atoms with van der Waals surface area (Å²) in [6.45, 7) is 1.85. The molecule has 0 aliphatic carbocycles. The van der Waals surface area contributed by atoms with E-state index < -0.39 is 0 Å². The monoisotopic (exact) mass is 231 g/mol. The van der Waals surface area contributed by atoms with Gasteiger partial charge in [-0.2, -0.15) is 0 Å². The Morgan fingerprint density at radius 2 is 2.41 bits per heavy atom. The topological polar surface area (TPSA) is 55.3 Å². The van der Waals surface area contributed by atoms with Gasteiger partial charge in [0.25, 0.3) is 0 Å². The van der Waals surface area contributed by atoms with Crippen molar-refractivity contribution in [3.05, 3.63) is 30.2 Å². The van der Waals surface area contributed by atoms with Crippen molar-refractivity contribution in [3.8, 4) is 0 Å². The van der Waals surface area contributed by atoms with Crippen LogP contribution in [0.15, 0.2) is 29.0 Å². The highest BCUT2D eigenvalue weighted by atomic mass is 16.3. The van der Waals surface area contributed by atoms with Crippen LogP contribution in [0.1, 0.15) is 18.0 Å². The van der Waals surface area contributed by atoms with Crippen LogP contribution < -0.4 is 5.73 Å². The average Bonchev–Trinajstić information content (AvgIpc) is 2.93. The Bertz CT molecular complexity index is 522. The molecule has 2 heterocycles. The number of nitrogens with two attached hydrogens (primary N) is 1. The van der Waals surface area contributed by atoms with Crippen molar-refractivity contribution in [2.75, 3.05) is 20.1 Å². The van der Waals surface area contributed by atoms with Gasteiger partial charge in [0.05, 0.1) is 0 Å². The number of hydrogen-bond acceptors (Lipinski definition) is 4. The maximum atomic E-state index is 5.76. The van der Waals surface area contributed by atoms with E-state index in [0.29, 0.717) is 12.0 Å². The summed E-state index contributed by atoms with van der Waals surface area (Å²) in [6, 6.07) is 6.72. The van der Waals surface area contributed by atoms with Crippen LogP contribution in [0.5, 0.6) is 0 Å². The van der Waals surface area contributed by atoms with E-state index in [1.165, 1.54) is 12.0 Å². The van der Waals surface area contributed by atoms with Crippen LogP contribution in [0.3, 0.4) is 0 Å². The van der Waals surface area contributed by atoms with Crippen LogP contribution in [0.25, 0.3) is 11.1 Å². The number of likely N-dealkylation sites (tertiary alicyclic amines) is 1. The van der Waals surface area contributed by atoms with Crippen molar-refractivity contribution in [1.29, 1.82) is 0 Å². The van der Waals surface area contributed by atoms with Crippen molar-refractivity contribution >= 4 is 11.1 Å². The van der Waals surface area contributed by atoms with E-state index in [-0.39, 0.29) is 0 Å². The lowest BCUT2D eigenvalue weighted by Crippen LogP contribution is -2.20. The van der Waals surface area contributed by atoms with Gasteiger partial charge in [0, 0.05) is 12.6 Å². The molecule has 90 valence electrons. The third-order valence-electron chi connectivity index (χ3n) is 3.71. The first-order chi connectivity index (χ1) is 8.28. The third kappa shape index (κ3) is 1.83. The van der Waals surface area contributed by atoms with E-state index in [1.807, 2.05) is 6.07 Å². The van der Waals surface area contributed by atoms with Crippen molar-refractivity contribution in [3.63, 3.8) is 0 Å². The number of rotatable bonds is 2. The van der Waals surface area contributed by atoms with E-state index >= 15 is 0 Å². The minimum Gasteiger partial charge on any atom is -0.443 e. The number of fused-ring (bicyclic) bond motifs is 1. The van der Waals surface area contributed by atoms with Gasteiger partial charge >= 0.3 is 0 Å². The van der Waals surface area contributed by atoms with Gasteiger partial charge in [-0.3, -0.25) is 4.90 Å². The number of benzene rings is 1. The Morgan fingerprint density at radius 1 is 1.53 bits per heavy atom. The quantitative estimate of drug-likeness (QED) is 0.856. The fraction of sp³-hybridized carbons (Fsp3) is 0.462. The molecule has 2 aromatic rings. The smallest absolute Gasteiger partial charge is 0.181 e. The Labute approximate surface area is 100 Å². The predicted molar refractivity (Wildman–Crippen MR) is 66.5 cm³/mol. The maximum absolute atomic E-state index is 5.76.